The predicted octanol–water partition coefficient (Wildman–Crippen LogP) is 5.08. The highest BCUT2D eigenvalue weighted by molar-refractivity contribution is 7.99. The SMILES string of the molecule is COc1ccc(Cn2c(SCC(=O)NC(C)c3cccc(Cl)c3)nc3ccccc3c2=O)cc1. The molecule has 0 radical (unpaired) electrons. The molecule has 0 aliphatic heterocycles. The number of benzene rings is 3. The van der Waals surface area contributed by atoms with Gasteiger partial charge in [0.15, 0.2) is 5.16 Å². The molecule has 0 saturated carbocycles. The van der Waals surface area contributed by atoms with Gasteiger partial charge in [0.2, 0.25) is 5.91 Å². The monoisotopic (exact) mass is 493 g/mol. The summed E-state index contributed by atoms with van der Waals surface area (Å²) in [5.74, 6) is 0.710. The summed E-state index contributed by atoms with van der Waals surface area (Å²) in [6.07, 6.45) is 0. The predicted molar refractivity (Wildman–Crippen MR) is 137 cm³/mol. The van der Waals surface area contributed by atoms with Gasteiger partial charge in [0, 0.05) is 5.02 Å². The summed E-state index contributed by atoms with van der Waals surface area (Å²) >= 11 is 7.31. The highest BCUT2D eigenvalue weighted by Gasteiger charge is 2.15. The van der Waals surface area contributed by atoms with Crippen molar-refractivity contribution in [2.75, 3.05) is 12.9 Å². The van der Waals surface area contributed by atoms with Gasteiger partial charge in [-0.1, -0.05) is 59.8 Å². The van der Waals surface area contributed by atoms with Gasteiger partial charge < -0.3 is 10.1 Å². The number of hydrogen-bond donors (Lipinski definition) is 1. The third-order valence-corrected chi connectivity index (χ3v) is 6.60. The second-order valence-corrected chi connectivity index (χ2v) is 9.16. The summed E-state index contributed by atoms with van der Waals surface area (Å²) in [5.41, 5.74) is 2.32. The molecule has 1 atom stereocenters. The molecule has 8 heteroatoms. The average molecular weight is 494 g/mol. The van der Waals surface area contributed by atoms with Crippen LogP contribution in [0.1, 0.15) is 24.1 Å². The molecule has 1 N–H and O–H groups in total. The normalized spacial score (nSPS) is 11.9. The third kappa shape index (κ3) is 5.61. The summed E-state index contributed by atoms with van der Waals surface area (Å²) in [5, 5.41) is 4.63. The number of rotatable bonds is 8. The Hall–Kier alpha value is -3.29. The highest BCUT2D eigenvalue weighted by Crippen LogP contribution is 2.21. The Morgan fingerprint density at radius 1 is 1.12 bits per heavy atom. The van der Waals surface area contributed by atoms with E-state index in [1.807, 2.05) is 61.5 Å². The van der Waals surface area contributed by atoms with Gasteiger partial charge in [0.1, 0.15) is 5.75 Å². The van der Waals surface area contributed by atoms with E-state index in [1.165, 1.54) is 11.8 Å². The zero-order valence-corrected chi connectivity index (χ0v) is 20.4. The number of methoxy groups -OCH3 is 1. The van der Waals surface area contributed by atoms with Gasteiger partial charge >= 0.3 is 0 Å². The first kappa shape index (κ1) is 23.9. The quantitative estimate of drug-likeness (QED) is 0.274. The number of halogens is 1. The maximum atomic E-state index is 13.3. The van der Waals surface area contributed by atoms with Crippen molar-refractivity contribution in [2.24, 2.45) is 0 Å². The van der Waals surface area contributed by atoms with Gasteiger partial charge in [-0.25, -0.2) is 4.98 Å². The molecule has 4 rings (SSSR count). The number of para-hydroxylation sites is 1. The van der Waals surface area contributed by atoms with Crippen LogP contribution in [-0.2, 0) is 11.3 Å². The van der Waals surface area contributed by atoms with Crippen LogP contribution in [-0.4, -0.2) is 28.3 Å². The second-order valence-electron chi connectivity index (χ2n) is 7.78. The van der Waals surface area contributed by atoms with Crippen LogP contribution in [0.25, 0.3) is 10.9 Å². The van der Waals surface area contributed by atoms with Crippen molar-refractivity contribution < 1.29 is 9.53 Å². The number of nitrogens with one attached hydrogen (secondary N) is 1. The van der Waals surface area contributed by atoms with Gasteiger partial charge in [0.25, 0.3) is 5.56 Å². The molecule has 0 aliphatic rings. The molecule has 1 unspecified atom stereocenters. The lowest BCUT2D eigenvalue weighted by atomic mass is 10.1. The minimum Gasteiger partial charge on any atom is -0.497 e. The van der Waals surface area contributed by atoms with Crippen LogP contribution in [0.15, 0.2) is 82.7 Å². The topological polar surface area (TPSA) is 73.2 Å². The first-order chi connectivity index (χ1) is 16.4. The maximum absolute atomic E-state index is 13.3. The zero-order valence-electron chi connectivity index (χ0n) is 18.8. The number of ether oxygens (including phenoxy) is 1. The Kier molecular flexibility index (Phi) is 7.55. The molecule has 0 saturated heterocycles. The summed E-state index contributed by atoms with van der Waals surface area (Å²) in [7, 11) is 1.61. The molecular weight excluding hydrogens is 470 g/mol. The van der Waals surface area contributed by atoms with Crippen LogP contribution < -0.4 is 15.6 Å². The summed E-state index contributed by atoms with van der Waals surface area (Å²) in [6.45, 7) is 2.24. The average Bonchev–Trinajstić information content (AvgIpc) is 2.85. The first-order valence-corrected chi connectivity index (χ1v) is 12.1. The minimum absolute atomic E-state index is 0.123. The molecule has 1 heterocycles. The van der Waals surface area contributed by atoms with Gasteiger partial charge in [-0.3, -0.25) is 14.2 Å². The van der Waals surface area contributed by atoms with Crippen molar-refractivity contribution in [1.29, 1.82) is 0 Å². The van der Waals surface area contributed by atoms with Crippen molar-refractivity contribution in [3.05, 3.63) is 99.3 Å². The molecule has 1 aromatic heterocycles. The molecular formula is C26H24ClN3O3S. The number of nitrogens with zero attached hydrogens (tertiary/aromatic N) is 2. The van der Waals surface area contributed by atoms with Crippen LogP contribution in [0.3, 0.4) is 0 Å². The molecule has 174 valence electrons. The van der Waals surface area contributed by atoms with E-state index in [0.717, 1.165) is 16.9 Å². The molecule has 0 aliphatic carbocycles. The van der Waals surface area contributed by atoms with Crippen molar-refractivity contribution in [3.63, 3.8) is 0 Å². The van der Waals surface area contributed by atoms with E-state index >= 15 is 0 Å². The summed E-state index contributed by atoms with van der Waals surface area (Å²) in [4.78, 5) is 30.7. The highest BCUT2D eigenvalue weighted by atomic mass is 35.5. The summed E-state index contributed by atoms with van der Waals surface area (Å²) < 4.78 is 6.84. The largest absolute Gasteiger partial charge is 0.497 e. The van der Waals surface area contributed by atoms with E-state index in [9.17, 15) is 9.59 Å². The van der Waals surface area contributed by atoms with Crippen LogP contribution in [0, 0.1) is 0 Å². The van der Waals surface area contributed by atoms with E-state index in [-0.39, 0.29) is 23.3 Å². The smallest absolute Gasteiger partial charge is 0.262 e. The molecule has 0 fully saturated rings. The molecule has 4 aromatic rings. The van der Waals surface area contributed by atoms with Crippen LogP contribution in [0.4, 0.5) is 0 Å². The number of aromatic nitrogens is 2. The number of fused-ring (bicyclic) bond motifs is 1. The Bertz CT molecular complexity index is 1370. The van der Waals surface area contributed by atoms with Crippen molar-refractivity contribution in [1.82, 2.24) is 14.9 Å². The van der Waals surface area contributed by atoms with Gasteiger partial charge in [-0.15, -0.1) is 0 Å². The molecule has 34 heavy (non-hydrogen) atoms. The van der Waals surface area contributed by atoms with Crippen molar-refractivity contribution >= 4 is 40.2 Å². The lowest BCUT2D eigenvalue weighted by Crippen LogP contribution is -2.29. The maximum Gasteiger partial charge on any atom is 0.262 e. The van der Waals surface area contributed by atoms with Crippen LogP contribution >= 0.6 is 23.4 Å². The Labute approximate surface area is 206 Å². The van der Waals surface area contributed by atoms with Crippen LogP contribution in [0.2, 0.25) is 5.02 Å². The van der Waals surface area contributed by atoms with E-state index in [4.69, 9.17) is 21.3 Å². The molecule has 6 nitrogen and oxygen atoms in total. The lowest BCUT2D eigenvalue weighted by molar-refractivity contribution is -0.119. The molecule has 0 spiro atoms. The number of hydrogen-bond acceptors (Lipinski definition) is 5. The Balaban J connectivity index is 1.56. The van der Waals surface area contributed by atoms with Gasteiger partial charge in [-0.05, 0) is 54.4 Å². The van der Waals surface area contributed by atoms with E-state index in [2.05, 4.69) is 5.32 Å². The van der Waals surface area contributed by atoms with E-state index in [0.29, 0.717) is 27.6 Å². The Morgan fingerprint density at radius 3 is 2.62 bits per heavy atom. The zero-order chi connectivity index (χ0) is 24.1. The molecule has 1 amide bonds. The Morgan fingerprint density at radius 2 is 1.88 bits per heavy atom. The summed E-state index contributed by atoms with van der Waals surface area (Å²) in [6, 6.07) is 22.0. The van der Waals surface area contributed by atoms with Crippen molar-refractivity contribution in [3.8, 4) is 5.75 Å². The standard InChI is InChI=1S/C26H24ClN3O3S/c1-17(19-6-5-7-20(27)14-19)28-24(31)16-34-26-29-23-9-4-3-8-22(23)25(32)30(26)15-18-10-12-21(33-2)13-11-18/h3-14,17H,15-16H2,1-2H3,(H,28,31). The fourth-order valence-corrected chi connectivity index (χ4v) is 4.59. The number of carbonyl (C=O) groups excluding carboxylic acids is 1. The van der Waals surface area contributed by atoms with Gasteiger partial charge in [0.05, 0.1) is 36.4 Å². The number of carbonyl (C=O) groups is 1. The first-order valence-electron chi connectivity index (χ1n) is 10.7. The molecule has 0 bridgehead atoms. The van der Waals surface area contributed by atoms with Crippen molar-refractivity contribution in [2.45, 2.75) is 24.7 Å². The van der Waals surface area contributed by atoms with Crippen LogP contribution in [0.5, 0.6) is 5.75 Å². The molecule has 3 aromatic carbocycles. The van der Waals surface area contributed by atoms with Gasteiger partial charge in [-0.2, -0.15) is 0 Å². The minimum atomic E-state index is -0.196. The van der Waals surface area contributed by atoms with E-state index in [1.54, 1.807) is 29.9 Å². The third-order valence-electron chi connectivity index (χ3n) is 5.38. The fraction of sp³-hybridized carbons (Fsp3) is 0.192. The van der Waals surface area contributed by atoms with E-state index < -0.39 is 0 Å². The number of amides is 1. The fourth-order valence-electron chi connectivity index (χ4n) is 3.58. The number of thioether (sulfide) groups is 1. The second kappa shape index (κ2) is 10.8. The lowest BCUT2D eigenvalue weighted by Gasteiger charge is -2.16.